The van der Waals surface area contributed by atoms with Gasteiger partial charge < -0.3 is 25.5 Å². The predicted molar refractivity (Wildman–Crippen MR) is 142 cm³/mol. The van der Waals surface area contributed by atoms with Gasteiger partial charge in [-0.3, -0.25) is 9.59 Å². The van der Waals surface area contributed by atoms with E-state index >= 15 is 0 Å². The largest absolute Gasteiger partial charge is 0.487 e. The molecular formula is C30H26FN3O4. The van der Waals surface area contributed by atoms with E-state index in [4.69, 9.17) is 15.2 Å². The molecule has 3 heterocycles. The van der Waals surface area contributed by atoms with E-state index < -0.39 is 17.8 Å². The molecule has 0 bridgehead atoms. The smallest absolute Gasteiger partial charge is 0.323 e. The number of aromatic amines is 1. The first-order chi connectivity index (χ1) is 18.5. The fourth-order valence-corrected chi connectivity index (χ4v) is 5.12. The van der Waals surface area contributed by atoms with Crippen molar-refractivity contribution in [2.75, 3.05) is 11.9 Å². The lowest BCUT2D eigenvalue weighted by Crippen LogP contribution is -2.34. The Balaban J connectivity index is 1.06. The van der Waals surface area contributed by atoms with Gasteiger partial charge >= 0.3 is 5.97 Å². The van der Waals surface area contributed by atoms with Crippen molar-refractivity contribution in [1.82, 2.24) is 4.98 Å². The number of H-pyrrole nitrogens is 1. The van der Waals surface area contributed by atoms with Gasteiger partial charge in [0, 0.05) is 45.9 Å². The SMILES string of the molecule is NC(Cc1c[nH]c2ccccc12)C(=O)OCCCc1ccc2c(c1)CO/C2=C1/C(=O)Nc2ccc(F)cc21. The zero-order valence-corrected chi connectivity index (χ0v) is 20.6. The van der Waals surface area contributed by atoms with Crippen molar-refractivity contribution in [2.45, 2.75) is 31.9 Å². The molecule has 4 aromatic rings. The molecule has 7 nitrogen and oxygen atoms in total. The average molecular weight is 512 g/mol. The Labute approximate surface area is 218 Å². The average Bonchev–Trinajstić information content (AvgIpc) is 3.60. The predicted octanol–water partition coefficient (Wildman–Crippen LogP) is 4.70. The van der Waals surface area contributed by atoms with Gasteiger partial charge in [-0.25, -0.2) is 4.39 Å². The van der Waals surface area contributed by atoms with E-state index in [1.807, 2.05) is 48.7 Å². The number of ether oxygens (including phenoxy) is 2. The zero-order chi connectivity index (χ0) is 26.2. The normalized spacial score (nSPS) is 16.6. The number of esters is 1. The van der Waals surface area contributed by atoms with E-state index in [0.29, 0.717) is 48.5 Å². The molecule has 6 rings (SSSR count). The second-order valence-electron chi connectivity index (χ2n) is 9.57. The van der Waals surface area contributed by atoms with Crippen LogP contribution in [0.25, 0.3) is 22.2 Å². The number of nitrogens with one attached hydrogen (secondary N) is 2. The summed E-state index contributed by atoms with van der Waals surface area (Å²) < 4.78 is 25.2. The van der Waals surface area contributed by atoms with E-state index in [1.165, 1.54) is 12.1 Å². The number of benzene rings is 3. The van der Waals surface area contributed by atoms with Crippen molar-refractivity contribution in [3.05, 3.63) is 100 Å². The summed E-state index contributed by atoms with van der Waals surface area (Å²) in [6.07, 6.45) is 3.64. The Morgan fingerprint density at radius 3 is 2.87 bits per heavy atom. The van der Waals surface area contributed by atoms with Crippen molar-refractivity contribution >= 4 is 39.8 Å². The van der Waals surface area contributed by atoms with Crippen LogP contribution < -0.4 is 11.1 Å². The highest BCUT2D eigenvalue weighted by atomic mass is 19.1. The van der Waals surface area contributed by atoms with Crippen LogP contribution in [0, 0.1) is 5.82 Å². The number of para-hydroxylation sites is 1. The van der Waals surface area contributed by atoms with Crippen LogP contribution in [0.15, 0.2) is 66.9 Å². The minimum absolute atomic E-state index is 0.270. The monoisotopic (exact) mass is 511 g/mol. The fourth-order valence-electron chi connectivity index (χ4n) is 5.12. The first-order valence-electron chi connectivity index (χ1n) is 12.6. The molecule has 38 heavy (non-hydrogen) atoms. The molecule has 1 amide bonds. The molecule has 1 unspecified atom stereocenters. The van der Waals surface area contributed by atoms with Crippen LogP contribution in [0.2, 0.25) is 0 Å². The maximum Gasteiger partial charge on any atom is 0.323 e. The first-order valence-corrected chi connectivity index (χ1v) is 12.6. The van der Waals surface area contributed by atoms with Crippen LogP contribution in [0.3, 0.4) is 0 Å². The van der Waals surface area contributed by atoms with Crippen LogP contribution in [0.4, 0.5) is 10.1 Å². The van der Waals surface area contributed by atoms with Gasteiger partial charge in [0.25, 0.3) is 5.91 Å². The van der Waals surface area contributed by atoms with E-state index in [0.717, 1.165) is 33.2 Å². The summed E-state index contributed by atoms with van der Waals surface area (Å²) in [7, 11) is 0. The molecule has 0 aliphatic carbocycles. The van der Waals surface area contributed by atoms with E-state index in [1.54, 1.807) is 6.07 Å². The van der Waals surface area contributed by atoms with Crippen molar-refractivity contribution in [3.8, 4) is 0 Å². The lowest BCUT2D eigenvalue weighted by molar-refractivity contribution is -0.145. The summed E-state index contributed by atoms with van der Waals surface area (Å²) in [6.45, 7) is 0.601. The van der Waals surface area contributed by atoms with Gasteiger partial charge in [-0.1, -0.05) is 36.4 Å². The number of anilines is 1. The van der Waals surface area contributed by atoms with Gasteiger partial charge in [0.1, 0.15) is 24.2 Å². The number of aromatic nitrogens is 1. The van der Waals surface area contributed by atoms with Gasteiger partial charge in [-0.15, -0.1) is 0 Å². The molecule has 2 aliphatic rings. The maximum absolute atomic E-state index is 13.8. The van der Waals surface area contributed by atoms with Crippen LogP contribution >= 0.6 is 0 Å². The van der Waals surface area contributed by atoms with Crippen LogP contribution in [0.1, 0.15) is 34.2 Å². The molecule has 3 aromatic carbocycles. The van der Waals surface area contributed by atoms with Gasteiger partial charge in [0.05, 0.1) is 12.2 Å². The summed E-state index contributed by atoms with van der Waals surface area (Å²) >= 11 is 0. The topological polar surface area (TPSA) is 106 Å². The Bertz CT molecular complexity index is 1610. The van der Waals surface area contributed by atoms with Gasteiger partial charge in [0.2, 0.25) is 0 Å². The lowest BCUT2D eigenvalue weighted by atomic mass is 9.98. The zero-order valence-electron chi connectivity index (χ0n) is 20.6. The molecule has 2 aliphatic heterocycles. The number of carbonyl (C=O) groups is 2. The highest BCUT2D eigenvalue weighted by Crippen LogP contribution is 2.42. The van der Waals surface area contributed by atoms with Crippen LogP contribution in [0.5, 0.6) is 0 Å². The second kappa shape index (κ2) is 9.79. The molecule has 4 N–H and O–H groups in total. The molecule has 192 valence electrons. The third kappa shape index (κ3) is 4.43. The molecule has 8 heteroatoms. The Hall–Kier alpha value is -4.43. The van der Waals surface area contributed by atoms with Gasteiger partial charge in [0.15, 0.2) is 0 Å². The molecule has 0 radical (unpaired) electrons. The third-order valence-electron chi connectivity index (χ3n) is 7.01. The third-order valence-corrected chi connectivity index (χ3v) is 7.01. The van der Waals surface area contributed by atoms with E-state index in [2.05, 4.69) is 10.3 Å². The van der Waals surface area contributed by atoms with Crippen molar-refractivity contribution in [3.63, 3.8) is 0 Å². The summed E-state index contributed by atoms with van der Waals surface area (Å²) in [5.74, 6) is -0.666. The number of rotatable bonds is 7. The van der Waals surface area contributed by atoms with Gasteiger partial charge in [-0.2, -0.15) is 0 Å². The quantitative estimate of drug-likeness (QED) is 0.189. The van der Waals surface area contributed by atoms with Crippen LogP contribution in [-0.4, -0.2) is 29.5 Å². The van der Waals surface area contributed by atoms with Crippen molar-refractivity contribution in [1.29, 1.82) is 0 Å². The minimum Gasteiger partial charge on any atom is -0.487 e. The highest BCUT2D eigenvalue weighted by molar-refractivity contribution is 6.36. The summed E-state index contributed by atoms with van der Waals surface area (Å²) in [4.78, 5) is 28.2. The van der Waals surface area contributed by atoms with E-state index in [9.17, 15) is 14.0 Å². The molecule has 0 fully saturated rings. The molecular weight excluding hydrogens is 485 g/mol. The molecule has 0 saturated heterocycles. The number of hydrogen-bond acceptors (Lipinski definition) is 5. The minimum atomic E-state index is -0.732. The summed E-state index contributed by atoms with van der Waals surface area (Å²) in [5.41, 5.74) is 12.4. The number of fused-ring (bicyclic) bond motifs is 3. The number of halogens is 1. The second-order valence-corrected chi connectivity index (χ2v) is 9.57. The Kier molecular flexibility index (Phi) is 6.17. The molecule has 0 spiro atoms. The number of nitrogens with two attached hydrogens (primary N) is 1. The van der Waals surface area contributed by atoms with Gasteiger partial charge in [-0.05, 0) is 48.2 Å². The van der Waals surface area contributed by atoms with E-state index in [-0.39, 0.29) is 12.5 Å². The maximum atomic E-state index is 13.8. The number of hydrogen-bond donors (Lipinski definition) is 3. The molecule has 1 atom stereocenters. The Morgan fingerprint density at radius 2 is 1.97 bits per heavy atom. The summed E-state index contributed by atoms with van der Waals surface area (Å²) in [6, 6.07) is 17.3. The number of aryl methyl sites for hydroxylation is 1. The first kappa shape index (κ1) is 23.9. The number of carbonyl (C=O) groups excluding carboxylic acids is 2. The number of amides is 1. The molecule has 0 saturated carbocycles. The van der Waals surface area contributed by atoms with Crippen molar-refractivity contribution < 1.29 is 23.5 Å². The standard InChI is InChI=1S/C30H26FN3O4/c31-20-8-10-26-23(14-20)27(29(35)34-26)28-22-9-7-17(12-19(22)16-38-28)4-3-11-37-30(36)24(32)13-18-15-33-25-6-2-1-5-21(18)25/h1-2,5-10,12,14-15,24,33H,3-4,11,13,16,32H2,(H,34,35)/b28-27+. The highest BCUT2D eigenvalue weighted by Gasteiger charge is 2.32. The summed E-state index contributed by atoms with van der Waals surface area (Å²) in [5, 5.41) is 3.83. The lowest BCUT2D eigenvalue weighted by Gasteiger charge is -2.11. The van der Waals surface area contributed by atoms with Crippen LogP contribution in [-0.2, 0) is 38.5 Å². The molecule has 1 aromatic heterocycles. The Morgan fingerprint density at radius 1 is 1.11 bits per heavy atom. The van der Waals surface area contributed by atoms with Crippen molar-refractivity contribution in [2.24, 2.45) is 5.73 Å². The fraction of sp³-hybridized carbons (Fsp3) is 0.200.